The number of nitrogens with two attached hydrogens (primary N) is 1. The molecule has 2 N–H and O–H groups in total. The van der Waals surface area contributed by atoms with Gasteiger partial charge in [-0.2, -0.15) is 0 Å². The Morgan fingerprint density at radius 3 is 2.52 bits per heavy atom. The van der Waals surface area contributed by atoms with E-state index < -0.39 is 0 Å². The number of hydrogen-bond acceptors (Lipinski definition) is 3. The summed E-state index contributed by atoms with van der Waals surface area (Å²) in [6.45, 7) is 6.20. The lowest BCUT2D eigenvalue weighted by Gasteiger charge is -2.47. The Bertz CT molecular complexity index is 338. The van der Waals surface area contributed by atoms with E-state index >= 15 is 0 Å². The van der Waals surface area contributed by atoms with Gasteiger partial charge >= 0.3 is 0 Å². The lowest BCUT2D eigenvalue weighted by molar-refractivity contribution is -0.160. The Morgan fingerprint density at radius 2 is 1.90 bits per heavy atom. The van der Waals surface area contributed by atoms with E-state index in [1.165, 1.54) is 12.8 Å². The number of carbonyl (C=O) groups excluding carboxylic acids is 1. The van der Waals surface area contributed by atoms with E-state index in [0.717, 1.165) is 45.1 Å². The molecule has 0 bridgehead atoms. The number of amides is 1. The van der Waals surface area contributed by atoms with Gasteiger partial charge in [-0.25, -0.2) is 0 Å². The van der Waals surface area contributed by atoms with Gasteiger partial charge in [0.15, 0.2) is 0 Å². The maximum Gasteiger partial charge on any atom is 0.230 e. The maximum absolute atomic E-state index is 13.3. The van der Waals surface area contributed by atoms with E-state index in [2.05, 4.69) is 18.7 Å². The first-order chi connectivity index (χ1) is 10.2. The van der Waals surface area contributed by atoms with Crippen molar-refractivity contribution in [2.45, 2.75) is 77.4 Å². The summed E-state index contributed by atoms with van der Waals surface area (Å²) in [4.78, 5) is 15.4. The molecular weight excluding hydrogens is 264 g/mol. The number of carbonyl (C=O) groups is 1. The second-order valence-electron chi connectivity index (χ2n) is 6.74. The zero-order chi connectivity index (χ0) is 15.3. The van der Waals surface area contributed by atoms with E-state index in [4.69, 9.17) is 10.5 Å². The van der Waals surface area contributed by atoms with Crippen molar-refractivity contribution in [3.05, 3.63) is 0 Å². The van der Waals surface area contributed by atoms with Crippen LogP contribution in [0.25, 0.3) is 0 Å². The lowest BCUT2D eigenvalue weighted by Crippen LogP contribution is -2.59. The molecule has 2 aliphatic rings. The second kappa shape index (κ2) is 7.59. The number of ether oxygens (including phenoxy) is 1. The highest BCUT2D eigenvalue weighted by atomic mass is 16.5. The number of hydrogen-bond donors (Lipinski definition) is 1. The average Bonchev–Trinajstić information content (AvgIpc) is 2.53. The highest BCUT2D eigenvalue weighted by Gasteiger charge is 2.44. The van der Waals surface area contributed by atoms with E-state index in [0.29, 0.717) is 25.1 Å². The predicted octanol–water partition coefficient (Wildman–Crippen LogP) is 2.70. The van der Waals surface area contributed by atoms with Crippen molar-refractivity contribution < 1.29 is 9.53 Å². The van der Waals surface area contributed by atoms with Crippen LogP contribution >= 0.6 is 0 Å². The minimum absolute atomic E-state index is 0.259. The summed E-state index contributed by atoms with van der Waals surface area (Å²) in [5, 5.41) is 0. The molecule has 0 aromatic rings. The largest absolute Gasteiger partial charge is 0.374 e. The third kappa shape index (κ3) is 3.42. The fourth-order valence-electron chi connectivity index (χ4n) is 4.24. The van der Waals surface area contributed by atoms with Crippen molar-refractivity contribution >= 4 is 5.91 Å². The van der Waals surface area contributed by atoms with E-state index in [1.807, 2.05) is 0 Å². The second-order valence-corrected chi connectivity index (χ2v) is 6.74. The van der Waals surface area contributed by atoms with Gasteiger partial charge < -0.3 is 15.4 Å². The van der Waals surface area contributed by atoms with Crippen LogP contribution in [0.15, 0.2) is 0 Å². The van der Waals surface area contributed by atoms with E-state index in [1.54, 1.807) is 0 Å². The van der Waals surface area contributed by atoms with Crippen molar-refractivity contribution in [2.24, 2.45) is 11.1 Å². The van der Waals surface area contributed by atoms with E-state index in [9.17, 15) is 4.79 Å². The molecule has 1 saturated carbocycles. The van der Waals surface area contributed by atoms with Crippen LogP contribution in [0.4, 0.5) is 0 Å². The molecule has 0 radical (unpaired) electrons. The molecule has 122 valence electrons. The van der Waals surface area contributed by atoms with Gasteiger partial charge in [-0.05, 0) is 25.7 Å². The van der Waals surface area contributed by atoms with E-state index in [-0.39, 0.29) is 11.5 Å². The zero-order valence-electron chi connectivity index (χ0n) is 13.8. The van der Waals surface area contributed by atoms with Crippen LogP contribution in [-0.2, 0) is 9.53 Å². The highest BCUT2D eigenvalue weighted by molar-refractivity contribution is 5.83. The molecule has 1 aliphatic carbocycles. The predicted molar refractivity (Wildman–Crippen MR) is 85.0 cm³/mol. The molecule has 1 heterocycles. The molecule has 2 fully saturated rings. The van der Waals surface area contributed by atoms with Gasteiger partial charge in [0, 0.05) is 13.1 Å². The van der Waals surface area contributed by atoms with Crippen LogP contribution in [-0.4, -0.2) is 42.6 Å². The van der Waals surface area contributed by atoms with Gasteiger partial charge in [-0.1, -0.05) is 39.5 Å². The molecule has 1 saturated heterocycles. The van der Waals surface area contributed by atoms with Crippen molar-refractivity contribution in [1.29, 1.82) is 0 Å². The summed E-state index contributed by atoms with van der Waals surface area (Å²) in [6, 6.07) is 0.291. The third-order valence-electron chi connectivity index (χ3n) is 5.29. The van der Waals surface area contributed by atoms with Gasteiger partial charge in [-0.15, -0.1) is 0 Å². The smallest absolute Gasteiger partial charge is 0.230 e. The third-order valence-corrected chi connectivity index (χ3v) is 5.29. The summed E-state index contributed by atoms with van der Waals surface area (Å²) in [7, 11) is 0. The van der Waals surface area contributed by atoms with Crippen LogP contribution in [0.2, 0.25) is 0 Å². The van der Waals surface area contributed by atoms with Crippen molar-refractivity contribution in [3.8, 4) is 0 Å². The summed E-state index contributed by atoms with van der Waals surface area (Å²) in [5.41, 5.74) is 5.73. The van der Waals surface area contributed by atoms with Gasteiger partial charge in [-0.3, -0.25) is 4.79 Å². The molecule has 21 heavy (non-hydrogen) atoms. The minimum atomic E-state index is -0.344. The first-order valence-corrected chi connectivity index (χ1v) is 8.81. The number of morpholine rings is 1. The van der Waals surface area contributed by atoms with Crippen molar-refractivity contribution in [3.63, 3.8) is 0 Å². The SMILES string of the molecule is CCCC(CN)(CCC)C(=O)N1CCOC2CCCCC21. The first-order valence-electron chi connectivity index (χ1n) is 8.81. The summed E-state index contributed by atoms with van der Waals surface area (Å²) in [6.07, 6.45) is 8.75. The molecule has 0 aromatic carbocycles. The van der Waals surface area contributed by atoms with Crippen LogP contribution in [0.3, 0.4) is 0 Å². The van der Waals surface area contributed by atoms with Gasteiger partial charge in [0.25, 0.3) is 0 Å². The number of nitrogens with zero attached hydrogens (tertiary/aromatic N) is 1. The fourth-order valence-corrected chi connectivity index (χ4v) is 4.24. The Morgan fingerprint density at radius 1 is 1.24 bits per heavy atom. The Hall–Kier alpha value is -0.610. The van der Waals surface area contributed by atoms with Crippen LogP contribution < -0.4 is 5.73 Å². The number of fused-ring (bicyclic) bond motifs is 1. The zero-order valence-corrected chi connectivity index (χ0v) is 13.8. The molecule has 2 atom stereocenters. The molecular formula is C17H32N2O2. The highest BCUT2D eigenvalue weighted by Crippen LogP contribution is 2.36. The molecule has 0 spiro atoms. The topological polar surface area (TPSA) is 55.6 Å². The summed E-state index contributed by atoms with van der Waals surface area (Å²) < 4.78 is 5.90. The Kier molecular flexibility index (Phi) is 6.06. The first kappa shape index (κ1) is 16.8. The van der Waals surface area contributed by atoms with Gasteiger partial charge in [0.05, 0.1) is 24.2 Å². The van der Waals surface area contributed by atoms with Crippen molar-refractivity contribution in [1.82, 2.24) is 4.90 Å². The minimum Gasteiger partial charge on any atom is -0.374 e. The standard InChI is InChI=1S/C17H32N2O2/c1-3-9-17(13-18,10-4-2)16(20)19-11-12-21-15-8-6-5-7-14(15)19/h14-15H,3-13,18H2,1-2H3. The summed E-state index contributed by atoms with van der Waals surface area (Å²) in [5.74, 6) is 0.300. The molecule has 1 aliphatic heterocycles. The number of rotatable bonds is 6. The fraction of sp³-hybridized carbons (Fsp3) is 0.941. The maximum atomic E-state index is 13.3. The molecule has 4 heteroatoms. The Balaban J connectivity index is 2.17. The Labute approximate surface area is 129 Å². The molecule has 0 aromatic heterocycles. The lowest BCUT2D eigenvalue weighted by atomic mass is 9.76. The van der Waals surface area contributed by atoms with Crippen LogP contribution in [0, 0.1) is 5.41 Å². The van der Waals surface area contributed by atoms with Crippen molar-refractivity contribution in [2.75, 3.05) is 19.7 Å². The quantitative estimate of drug-likeness (QED) is 0.820. The van der Waals surface area contributed by atoms with Gasteiger partial charge in [0.2, 0.25) is 5.91 Å². The molecule has 2 rings (SSSR count). The van der Waals surface area contributed by atoms with Crippen LogP contribution in [0.1, 0.15) is 65.2 Å². The molecule has 1 amide bonds. The van der Waals surface area contributed by atoms with Gasteiger partial charge in [0.1, 0.15) is 0 Å². The molecule has 2 unspecified atom stereocenters. The monoisotopic (exact) mass is 296 g/mol. The normalized spacial score (nSPS) is 26.5. The molecule has 4 nitrogen and oxygen atoms in total. The average molecular weight is 296 g/mol. The summed E-state index contributed by atoms with van der Waals surface area (Å²) >= 11 is 0. The van der Waals surface area contributed by atoms with Crippen LogP contribution in [0.5, 0.6) is 0 Å².